The van der Waals surface area contributed by atoms with Gasteiger partial charge in [-0.2, -0.15) is 15.3 Å². The molecule has 0 fully saturated rings. The maximum atomic E-state index is 12.9. The van der Waals surface area contributed by atoms with Gasteiger partial charge in [0.2, 0.25) is 15.7 Å². The first-order valence-electron chi connectivity index (χ1n) is 8.88. The summed E-state index contributed by atoms with van der Waals surface area (Å²) in [4.78, 5) is 13.0. The van der Waals surface area contributed by atoms with Crippen molar-refractivity contribution in [2.75, 3.05) is 6.61 Å². The van der Waals surface area contributed by atoms with Crippen LogP contribution in [0.5, 0.6) is 5.88 Å². The molecular formula is C18H16N6O4S. The summed E-state index contributed by atoms with van der Waals surface area (Å²) < 4.78 is 34.0. The molecule has 1 aliphatic rings. The van der Waals surface area contributed by atoms with Crippen LogP contribution in [0, 0.1) is 6.92 Å². The maximum absolute atomic E-state index is 12.9. The molecule has 0 saturated carbocycles. The number of nitrogens with zero attached hydrogens (tertiary/aromatic N) is 5. The minimum Gasteiger partial charge on any atom is -0.476 e. The third kappa shape index (κ3) is 2.73. The third-order valence-corrected chi connectivity index (χ3v) is 6.71. The van der Waals surface area contributed by atoms with E-state index in [1.54, 1.807) is 4.68 Å². The Morgan fingerprint density at radius 1 is 1.24 bits per heavy atom. The molecule has 11 heteroatoms. The Morgan fingerprint density at radius 2 is 2.10 bits per heavy atom. The van der Waals surface area contributed by atoms with Crippen molar-refractivity contribution in [3.8, 4) is 5.88 Å². The van der Waals surface area contributed by atoms with E-state index < -0.39 is 9.84 Å². The fourth-order valence-electron chi connectivity index (χ4n) is 3.41. The molecule has 1 N–H and O–H groups in total. The maximum Gasteiger partial charge on any atom is 0.274 e. The molecule has 0 radical (unpaired) electrons. The molecule has 0 saturated heterocycles. The smallest absolute Gasteiger partial charge is 0.274 e. The minimum atomic E-state index is -3.72. The van der Waals surface area contributed by atoms with Gasteiger partial charge in [-0.05, 0) is 25.1 Å². The first-order chi connectivity index (χ1) is 13.9. The Labute approximate surface area is 164 Å². The molecule has 10 nitrogen and oxygen atoms in total. The average Bonchev–Trinajstić information content (AvgIpc) is 3.45. The van der Waals surface area contributed by atoms with Crippen LogP contribution in [-0.2, 0) is 22.9 Å². The highest BCUT2D eigenvalue weighted by Gasteiger charge is 2.22. The number of fused-ring (bicyclic) bond motifs is 2. The van der Waals surface area contributed by atoms with E-state index in [4.69, 9.17) is 4.74 Å². The van der Waals surface area contributed by atoms with E-state index in [2.05, 4.69) is 20.4 Å². The highest BCUT2D eigenvalue weighted by molar-refractivity contribution is 7.91. The van der Waals surface area contributed by atoms with Gasteiger partial charge >= 0.3 is 0 Å². The minimum absolute atomic E-state index is 0.0590. The highest BCUT2D eigenvalue weighted by Crippen LogP contribution is 2.26. The van der Waals surface area contributed by atoms with Gasteiger partial charge in [-0.1, -0.05) is 0 Å². The van der Waals surface area contributed by atoms with E-state index in [-0.39, 0.29) is 21.9 Å². The van der Waals surface area contributed by atoms with Crippen LogP contribution in [0.4, 0.5) is 0 Å². The van der Waals surface area contributed by atoms with E-state index >= 15 is 0 Å². The zero-order valence-electron chi connectivity index (χ0n) is 15.4. The van der Waals surface area contributed by atoms with Crippen LogP contribution >= 0.6 is 0 Å². The van der Waals surface area contributed by atoms with Crippen molar-refractivity contribution in [3.63, 3.8) is 0 Å². The Bertz CT molecular complexity index is 1400. The van der Waals surface area contributed by atoms with E-state index in [0.29, 0.717) is 29.6 Å². The van der Waals surface area contributed by atoms with Crippen molar-refractivity contribution in [3.05, 3.63) is 58.4 Å². The fraction of sp³-hybridized carbons (Fsp3) is 0.222. The van der Waals surface area contributed by atoms with Gasteiger partial charge in [0.05, 0.1) is 41.5 Å². The summed E-state index contributed by atoms with van der Waals surface area (Å²) in [6.07, 6.45) is 4.04. The van der Waals surface area contributed by atoms with Gasteiger partial charge in [0, 0.05) is 17.1 Å². The lowest BCUT2D eigenvalue weighted by Gasteiger charge is -2.07. The summed E-state index contributed by atoms with van der Waals surface area (Å²) in [5, 5.41) is 15.7. The van der Waals surface area contributed by atoms with Crippen LogP contribution < -0.4 is 10.3 Å². The third-order valence-electron chi connectivity index (χ3n) is 4.99. The SMILES string of the molecule is Cc1c(Cn2ncc3cc(S(=O)(=O)c4cn[nH]c4)ccc3c2=O)nn2c1OCC2. The summed E-state index contributed by atoms with van der Waals surface area (Å²) in [6, 6.07) is 4.37. The molecule has 5 rings (SSSR count). The van der Waals surface area contributed by atoms with Crippen LogP contribution in [-0.4, -0.2) is 44.8 Å². The molecule has 1 aliphatic heterocycles. The van der Waals surface area contributed by atoms with Crippen molar-refractivity contribution < 1.29 is 13.2 Å². The van der Waals surface area contributed by atoms with Crippen LogP contribution in [0.2, 0.25) is 0 Å². The second kappa shape index (κ2) is 6.27. The molecule has 0 unspecified atom stereocenters. The zero-order chi connectivity index (χ0) is 20.2. The first-order valence-corrected chi connectivity index (χ1v) is 10.4. The van der Waals surface area contributed by atoms with Gasteiger partial charge in [0.25, 0.3) is 5.56 Å². The molecule has 0 amide bonds. The Hall–Kier alpha value is -3.47. The number of aromatic amines is 1. The van der Waals surface area contributed by atoms with Crippen molar-refractivity contribution >= 4 is 20.6 Å². The molecule has 4 heterocycles. The normalized spacial score (nSPS) is 13.6. The van der Waals surface area contributed by atoms with E-state index in [1.165, 1.54) is 41.5 Å². The molecule has 0 aliphatic carbocycles. The molecule has 1 aromatic carbocycles. The average molecular weight is 412 g/mol. The summed E-state index contributed by atoms with van der Waals surface area (Å²) >= 11 is 0. The Kier molecular flexibility index (Phi) is 3.81. The number of sulfone groups is 1. The number of H-pyrrole nitrogens is 1. The molecule has 4 aromatic rings. The van der Waals surface area contributed by atoms with Crippen LogP contribution in [0.25, 0.3) is 10.8 Å². The summed E-state index contributed by atoms with van der Waals surface area (Å²) in [7, 11) is -3.72. The van der Waals surface area contributed by atoms with E-state index in [9.17, 15) is 13.2 Å². The van der Waals surface area contributed by atoms with Crippen LogP contribution in [0.1, 0.15) is 11.3 Å². The highest BCUT2D eigenvalue weighted by atomic mass is 32.2. The number of rotatable bonds is 4. The number of nitrogens with one attached hydrogen (secondary N) is 1. The predicted octanol–water partition coefficient (Wildman–Crippen LogP) is 0.898. The lowest BCUT2D eigenvalue weighted by atomic mass is 10.2. The second-order valence-corrected chi connectivity index (χ2v) is 8.69. The van der Waals surface area contributed by atoms with Gasteiger partial charge in [0.15, 0.2) is 0 Å². The second-order valence-electron chi connectivity index (χ2n) is 6.74. The monoisotopic (exact) mass is 412 g/mol. The predicted molar refractivity (Wildman–Crippen MR) is 102 cm³/mol. The first kappa shape index (κ1) is 17.6. The lowest BCUT2D eigenvalue weighted by molar-refractivity contribution is 0.354. The fourth-order valence-corrected chi connectivity index (χ4v) is 4.61. The van der Waals surface area contributed by atoms with Gasteiger partial charge < -0.3 is 4.74 Å². The summed E-state index contributed by atoms with van der Waals surface area (Å²) in [5.74, 6) is 0.725. The van der Waals surface area contributed by atoms with Crippen molar-refractivity contribution in [2.24, 2.45) is 0 Å². The molecular weight excluding hydrogens is 396 g/mol. The number of benzene rings is 1. The number of hydrogen-bond donors (Lipinski definition) is 1. The largest absolute Gasteiger partial charge is 0.476 e. The van der Waals surface area contributed by atoms with Crippen molar-refractivity contribution in [1.82, 2.24) is 29.8 Å². The molecule has 148 valence electrons. The van der Waals surface area contributed by atoms with Gasteiger partial charge in [-0.15, -0.1) is 0 Å². The topological polar surface area (TPSA) is 125 Å². The number of ether oxygens (including phenoxy) is 1. The quantitative estimate of drug-likeness (QED) is 0.528. The lowest BCUT2D eigenvalue weighted by Crippen LogP contribution is -2.24. The van der Waals surface area contributed by atoms with Gasteiger partial charge in [-0.25, -0.2) is 17.8 Å². The molecule has 3 aromatic heterocycles. The Morgan fingerprint density at radius 3 is 2.86 bits per heavy atom. The molecule has 29 heavy (non-hydrogen) atoms. The summed E-state index contributed by atoms with van der Waals surface area (Å²) in [5.41, 5.74) is 1.29. The number of aromatic nitrogens is 6. The molecule has 0 bridgehead atoms. The zero-order valence-corrected chi connectivity index (χ0v) is 16.2. The van der Waals surface area contributed by atoms with E-state index in [0.717, 1.165) is 11.4 Å². The standard InChI is InChI=1S/C18H16N6O4S/c1-11-16(22-23-4-5-28-18(11)23)10-24-17(25)15-3-2-13(6-12(15)7-21-24)29(26,27)14-8-19-20-9-14/h2-3,6-9H,4-5,10H2,1H3,(H,19,20). The van der Waals surface area contributed by atoms with Crippen molar-refractivity contribution in [1.29, 1.82) is 0 Å². The van der Waals surface area contributed by atoms with Crippen LogP contribution in [0.3, 0.4) is 0 Å². The summed E-state index contributed by atoms with van der Waals surface area (Å²) in [6.45, 7) is 3.39. The van der Waals surface area contributed by atoms with Gasteiger partial charge in [-0.3, -0.25) is 9.89 Å². The van der Waals surface area contributed by atoms with E-state index in [1.807, 2.05) is 6.92 Å². The number of hydrogen-bond acceptors (Lipinski definition) is 7. The molecule has 0 atom stereocenters. The molecule has 0 spiro atoms. The van der Waals surface area contributed by atoms with Crippen LogP contribution in [0.15, 0.2) is 51.4 Å². The Balaban J connectivity index is 1.54. The van der Waals surface area contributed by atoms with Gasteiger partial charge in [0.1, 0.15) is 11.5 Å². The van der Waals surface area contributed by atoms with Crippen molar-refractivity contribution in [2.45, 2.75) is 29.8 Å².